The zero-order valence-corrected chi connectivity index (χ0v) is 14.6. The van der Waals surface area contributed by atoms with E-state index in [2.05, 4.69) is 10.4 Å². The van der Waals surface area contributed by atoms with Crippen LogP contribution >= 0.6 is 0 Å². The maximum absolute atomic E-state index is 12.3. The topological polar surface area (TPSA) is 73.2 Å². The highest BCUT2D eigenvalue weighted by Crippen LogP contribution is 2.47. The lowest BCUT2D eigenvalue weighted by Gasteiger charge is -2.06. The Morgan fingerprint density at radius 1 is 1.32 bits per heavy atom. The number of rotatable bonds is 7. The van der Waals surface area contributed by atoms with Gasteiger partial charge in [0.05, 0.1) is 12.8 Å². The van der Waals surface area contributed by atoms with Gasteiger partial charge in [0.25, 0.3) is 0 Å². The van der Waals surface area contributed by atoms with Crippen molar-refractivity contribution < 1.29 is 14.3 Å². The molecular weight excluding hydrogens is 318 g/mol. The fraction of sp³-hybridized carbons (Fsp3) is 0.421. The van der Waals surface area contributed by atoms with Gasteiger partial charge in [-0.3, -0.25) is 14.3 Å². The van der Waals surface area contributed by atoms with Gasteiger partial charge in [-0.25, -0.2) is 0 Å². The molecule has 2 aromatic rings. The Kier molecular flexibility index (Phi) is 5.16. The van der Waals surface area contributed by atoms with E-state index in [1.807, 2.05) is 43.7 Å². The Labute approximate surface area is 147 Å². The van der Waals surface area contributed by atoms with Gasteiger partial charge < -0.3 is 10.1 Å². The number of hydrogen-bond donors (Lipinski definition) is 1. The van der Waals surface area contributed by atoms with Gasteiger partial charge in [-0.1, -0.05) is 12.1 Å². The van der Waals surface area contributed by atoms with Crippen molar-refractivity contribution in [1.29, 1.82) is 0 Å². The second kappa shape index (κ2) is 7.51. The molecule has 1 aliphatic carbocycles. The first kappa shape index (κ1) is 17.2. The summed E-state index contributed by atoms with van der Waals surface area (Å²) in [5.41, 5.74) is 2.95. The molecule has 6 nitrogen and oxygen atoms in total. The van der Waals surface area contributed by atoms with E-state index in [0.29, 0.717) is 19.4 Å². The highest BCUT2D eigenvalue weighted by molar-refractivity contribution is 5.95. The number of nitrogens with one attached hydrogen (secondary N) is 1. The van der Waals surface area contributed by atoms with E-state index in [9.17, 15) is 9.59 Å². The average molecular weight is 341 g/mol. The largest absolute Gasteiger partial charge is 0.466 e. The first-order valence-electron chi connectivity index (χ1n) is 8.60. The molecule has 25 heavy (non-hydrogen) atoms. The molecule has 0 saturated heterocycles. The SMILES string of the molecule is CCOC(=O)CCc1ccc(NC(=O)[C@H]2C[C@@H]2c2cnn(C)c2)cc1. The lowest BCUT2D eigenvalue weighted by Crippen LogP contribution is -2.14. The smallest absolute Gasteiger partial charge is 0.306 e. The number of benzene rings is 1. The van der Waals surface area contributed by atoms with Crippen LogP contribution in [0.5, 0.6) is 0 Å². The number of anilines is 1. The molecule has 1 aromatic heterocycles. The van der Waals surface area contributed by atoms with Gasteiger partial charge in [0.15, 0.2) is 0 Å². The standard InChI is InChI=1S/C19H23N3O3/c1-3-25-18(23)9-6-13-4-7-15(8-5-13)21-19(24)17-10-16(17)14-11-20-22(2)12-14/h4-5,7-8,11-12,16-17H,3,6,9-10H2,1-2H3,(H,21,24)/t16-,17+/m1/s1. The van der Waals surface area contributed by atoms with Crippen LogP contribution < -0.4 is 5.32 Å². The van der Waals surface area contributed by atoms with E-state index in [0.717, 1.165) is 23.2 Å². The summed E-state index contributed by atoms with van der Waals surface area (Å²) in [6.45, 7) is 2.21. The molecule has 132 valence electrons. The third-order valence-corrected chi connectivity index (χ3v) is 4.42. The van der Waals surface area contributed by atoms with Crippen molar-refractivity contribution in [3.8, 4) is 0 Å². The van der Waals surface area contributed by atoms with Crippen LogP contribution in [0.25, 0.3) is 0 Å². The van der Waals surface area contributed by atoms with E-state index < -0.39 is 0 Å². The minimum atomic E-state index is -0.185. The van der Waals surface area contributed by atoms with Gasteiger partial charge in [0, 0.05) is 31.3 Å². The molecule has 0 radical (unpaired) electrons. The molecule has 2 atom stereocenters. The summed E-state index contributed by atoms with van der Waals surface area (Å²) in [4.78, 5) is 23.7. The van der Waals surface area contributed by atoms with Gasteiger partial charge in [-0.15, -0.1) is 0 Å². The van der Waals surface area contributed by atoms with Crippen molar-refractivity contribution >= 4 is 17.6 Å². The highest BCUT2D eigenvalue weighted by atomic mass is 16.5. The van der Waals surface area contributed by atoms with Gasteiger partial charge >= 0.3 is 5.97 Å². The van der Waals surface area contributed by atoms with Gasteiger partial charge in [0.2, 0.25) is 5.91 Å². The summed E-state index contributed by atoms with van der Waals surface area (Å²) in [6, 6.07) is 7.61. The van der Waals surface area contributed by atoms with Crippen molar-refractivity contribution in [3.05, 3.63) is 47.8 Å². The van der Waals surface area contributed by atoms with E-state index in [4.69, 9.17) is 4.74 Å². The first-order valence-corrected chi connectivity index (χ1v) is 8.60. The van der Waals surface area contributed by atoms with Crippen molar-refractivity contribution in [1.82, 2.24) is 9.78 Å². The van der Waals surface area contributed by atoms with Crippen molar-refractivity contribution in [2.75, 3.05) is 11.9 Å². The van der Waals surface area contributed by atoms with Crippen LogP contribution in [0.1, 0.15) is 36.8 Å². The van der Waals surface area contributed by atoms with E-state index in [1.165, 1.54) is 0 Å². The molecule has 1 saturated carbocycles. The van der Waals surface area contributed by atoms with Crippen LogP contribution in [0.4, 0.5) is 5.69 Å². The number of carbonyl (C=O) groups excluding carboxylic acids is 2. The molecule has 0 unspecified atom stereocenters. The Bertz CT molecular complexity index is 752. The van der Waals surface area contributed by atoms with Crippen molar-refractivity contribution in [3.63, 3.8) is 0 Å². The number of amides is 1. The van der Waals surface area contributed by atoms with Crippen LogP contribution in [0, 0.1) is 5.92 Å². The summed E-state index contributed by atoms with van der Waals surface area (Å²) in [5, 5.41) is 7.12. The van der Waals surface area contributed by atoms with Gasteiger partial charge in [-0.05, 0) is 48.9 Å². The molecule has 6 heteroatoms. The molecule has 3 rings (SSSR count). The Morgan fingerprint density at radius 3 is 2.72 bits per heavy atom. The van der Waals surface area contributed by atoms with Crippen molar-refractivity contribution in [2.45, 2.75) is 32.1 Å². The lowest BCUT2D eigenvalue weighted by molar-refractivity contribution is -0.143. The number of esters is 1. The Morgan fingerprint density at radius 2 is 2.08 bits per heavy atom. The molecule has 0 bridgehead atoms. The van der Waals surface area contributed by atoms with Crippen molar-refractivity contribution in [2.24, 2.45) is 13.0 Å². The quantitative estimate of drug-likeness (QED) is 0.786. The zero-order valence-electron chi connectivity index (χ0n) is 14.6. The van der Waals surface area contributed by atoms with Crippen LogP contribution in [0.3, 0.4) is 0 Å². The third kappa shape index (κ3) is 4.47. The normalized spacial score (nSPS) is 18.6. The number of aryl methyl sites for hydroxylation is 2. The molecule has 1 fully saturated rings. The second-order valence-electron chi connectivity index (χ2n) is 6.39. The molecule has 1 heterocycles. The second-order valence-corrected chi connectivity index (χ2v) is 6.39. The van der Waals surface area contributed by atoms with Gasteiger partial charge in [-0.2, -0.15) is 5.10 Å². The summed E-state index contributed by atoms with van der Waals surface area (Å²) in [7, 11) is 1.88. The number of ether oxygens (including phenoxy) is 1. The molecule has 1 amide bonds. The third-order valence-electron chi connectivity index (χ3n) is 4.42. The van der Waals surface area contributed by atoms with Crippen LogP contribution in [0.15, 0.2) is 36.7 Å². The van der Waals surface area contributed by atoms with E-state index in [1.54, 1.807) is 11.6 Å². The number of nitrogens with zero attached hydrogens (tertiary/aromatic N) is 2. The molecule has 0 aliphatic heterocycles. The number of hydrogen-bond acceptors (Lipinski definition) is 4. The molecule has 1 aliphatic rings. The fourth-order valence-electron chi connectivity index (χ4n) is 2.95. The van der Waals surface area contributed by atoms with E-state index >= 15 is 0 Å². The summed E-state index contributed by atoms with van der Waals surface area (Å²) in [5.74, 6) is 0.161. The maximum atomic E-state index is 12.3. The Hall–Kier alpha value is -2.63. The average Bonchev–Trinajstić information content (AvgIpc) is 3.29. The van der Waals surface area contributed by atoms with Crippen LogP contribution in [-0.4, -0.2) is 28.3 Å². The summed E-state index contributed by atoms with van der Waals surface area (Å²) < 4.78 is 6.68. The molecular formula is C19H23N3O3. The predicted molar refractivity (Wildman–Crippen MR) is 94.1 cm³/mol. The number of carbonyl (C=O) groups is 2. The summed E-state index contributed by atoms with van der Waals surface area (Å²) in [6.07, 6.45) is 5.68. The van der Waals surface area contributed by atoms with E-state index in [-0.39, 0.29) is 23.7 Å². The van der Waals surface area contributed by atoms with Gasteiger partial charge in [0.1, 0.15) is 0 Å². The lowest BCUT2D eigenvalue weighted by atomic mass is 10.1. The zero-order chi connectivity index (χ0) is 17.8. The minimum Gasteiger partial charge on any atom is -0.466 e. The Balaban J connectivity index is 1.48. The molecule has 1 N–H and O–H groups in total. The molecule has 0 spiro atoms. The predicted octanol–water partition coefficient (Wildman–Crippen LogP) is 2.66. The minimum absolute atomic E-state index is 0.0210. The first-order chi connectivity index (χ1) is 12.1. The summed E-state index contributed by atoms with van der Waals surface area (Å²) >= 11 is 0. The van der Waals surface area contributed by atoms with Crippen LogP contribution in [0.2, 0.25) is 0 Å². The maximum Gasteiger partial charge on any atom is 0.306 e. The monoisotopic (exact) mass is 341 g/mol. The number of aromatic nitrogens is 2. The fourth-order valence-corrected chi connectivity index (χ4v) is 2.95. The molecule has 1 aromatic carbocycles. The highest BCUT2D eigenvalue weighted by Gasteiger charge is 2.44. The van der Waals surface area contributed by atoms with Crippen LogP contribution in [-0.2, 0) is 27.8 Å².